The van der Waals surface area contributed by atoms with E-state index in [9.17, 15) is 0 Å². The summed E-state index contributed by atoms with van der Waals surface area (Å²) in [5, 5.41) is 0.765. The van der Waals surface area contributed by atoms with E-state index >= 15 is 0 Å². The van der Waals surface area contributed by atoms with Crippen LogP contribution in [-0.4, -0.2) is 12.5 Å². The van der Waals surface area contributed by atoms with E-state index < -0.39 is 0 Å². The summed E-state index contributed by atoms with van der Waals surface area (Å²) in [4.78, 5) is 0. The average Bonchev–Trinajstić information content (AvgIpc) is 2.88. The van der Waals surface area contributed by atoms with Gasteiger partial charge in [0, 0.05) is 22.4 Å². The Balaban J connectivity index is 1.80. The van der Waals surface area contributed by atoms with E-state index in [-0.39, 0.29) is 0 Å². The van der Waals surface area contributed by atoms with Crippen LogP contribution in [-0.2, 0) is 0 Å². The zero-order chi connectivity index (χ0) is 13.9. The lowest BCUT2D eigenvalue weighted by Gasteiger charge is -2.18. The minimum absolute atomic E-state index is 0.301. The summed E-state index contributed by atoms with van der Waals surface area (Å²) >= 11 is 12.3. The summed E-state index contributed by atoms with van der Waals surface area (Å²) in [7, 11) is 0. The Hall–Kier alpha value is -1.18. The van der Waals surface area contributed by atoms with Crippen molar-refractivity contribution in [1.82, 2.24) is 0 Å². The first-order chi connectivity index (χ1) is 9.78. The van der Waals surface area contributed by atoms with E-state index in [1.165, 1.54) is 11.1 Å². The van der Waals surface area contributed by atoms with E-state index in [2.05, 4.69) is 18.2 Å². The summed E-state index contributed by atoms with van der Waals surface area (Å²) in [5.41, 5.74) is 2.50. The van der Waals surface area contributed by atoms with Crippen molar-refractivity contribution < 1.29 is 4.74 Å². The second kappa shape index (κ2) is 6.07. The SMILES string of the molecule is ClCC(CC1COc2ccccc21)c1cccc(Cl)c1. The maximum Gasteiger partial charge on any atom is 0.122 e. The van der Waals surface area contributed by atoms with Gasteiger partial charge in [-0.25, -0.2) is 0 Å². The minimum atomic E-state index is 0.301. The molecule has 3 heteroatoms. The van der Waals surface area contributed by atoms with Crippen molar-refractivity contribution in [2.24, 2.45) is 0 Å². The van der Waals surface area contributed by atoms with Crippen molar-refractivity contribution in [3.8, 4) is 5.75 Å². The summed E-state index contributed by atoms with van der Waals surface area (Å²) in [6, 6.07) is 16.2. The Bertz CT molecular complexity index is 597. The van der Waals surface area contributed by atoms with Crippen molar-refractivity contribution in [3.63, 3.8) is 0 Å². The molecule has 1 nitrogen and oxygen atoms in total. The molecule has 0 fully saturated rings. The molecule has 2 aromatic rings. The van der Waals surface area contributed by atoms with Crippen LogP contribution in [0.4, 0.5) is 0 Å². The number of hydrogen-bond donors (Lipinski definition) is 0. The largest absolute Gasteiger partial charge is 0.493 e. The summed E-state index contributed by atoms with van der Waals surface area (Å²) < 4.78 is 5.75. The highest BCUT2D eigenvalue weighted by atomic mass is 35.5. The molecule has 104 valence electrons. The van der Waals surface area contributed by atoms with Crippen LogP contribution in [0.2, 0.25) is 5.02 Å². The monoisotopic (exact) mass is 306 g/mol. The fourth-order valence-electron chi connectivity index (χ4n) is 2.82. The molecule has 0 aliphatic carbocycles. The Morgan fingerprint density at radius 1 is 1.15 bits per heavy atom. The molecule has 0 aromatic heterocycles. The number of para-hydroxylation sites is 1. The number of rotatable bonds is 4. The molecule has 1 aliphatic heterocycles. The highest BCUT2D eigenvalue weighted by molar-refractivity contribution is 6.30. The molecule has 0 radical (unpaired) electrons. The van der Waals surface area contributed by atoms with Gasteiger partial charge in [-0.3, -0.25) is 0 Å². The lowest BCUT2D eigenvalue weighted by molar-refractivity contribution is 0.320. The molecule has 2 unspecified atom stereocenters. The van der Waals surface area contributed by atoms with E-state index in [0.717, 1.165) is 23.8 Å². The Morgan fingerprint density at radius 3 is 2.80 bits per heavy atom. The average molecular weight is 307 g/mol. The van der Waals surface area contributed by atoms with Gasteiger partial charge < -0.3 is 4.74 Å². The van der Waals surface area contributed by atoms with Gasteiger partial charge in [-0.15, -0.1) is 11.6 Å². The fraction of sp³-hybridized carbons (Fsp3) is 0.294. The second-order valence-electron chi connectivity index (χ2n) is 5.19. The van der Waals surface area contributed by atoms with Crippen LogP contribution in [0.1, 0.15) is 29.4 Å². The third-order valence-corrected chi connectivity index (χ3v) is 4.48. The first-order valence-corrected chi connectivity index (χ1v) is 7.72. The highest BCUT2D eigenvalue weighted by Gasteiger charge is 2.27. The van der Waals surface area contributed by atoms with Crippen LogP contribution in [0.15, 0.2) is 48.5 Å². The maximum atomic E-state index is 6.18. The van der Waals surface area contributed by atoms with Gasteiger partial charge in [0.25, 0.3) is 0 Å². The first-order valence-electron chi connectivity index (χ1n) is 6.81. The molecule has 2 aromatic carbocycles. The van der Waals surface area contributed by atoms with Crippen LogP contribution in [0.3, 0.4) is 0 Å². The third kappa shape index (κ3) is 2.79. The van der Waals surface area contributed by atoms with Crippen molar-refractivity contribution in [1.29, 1.82) is 0 Å². The Kier molecular flexibility index (Phi) is 4.18. The van der Waals surface area contributed by atoms with Crippen LogP contribution in [0.5, 0.6) is 5.75 Å². The molecule has 0 spiro atoms. The van der Waals surface area contributed by atoms with E-state index in [0.29, 0.717) is 17.7 Å². The molecule has 0 bridgehead atoms. The summed E-state index contributed by atoms with van der Waals surface area (Å²) in [6.45, 7) is 0.743. The summed E-state index contributed by atoms with van der Waals surface area (Å²) in [5.74, 6) is 2.32. The lowest BCUT2D eigenvalue weighted by Crippen LogP contribution is -2.09. The van der Waals surface area contributed by atoms with Gasteiger partial charge in [0.05, 0.1) is 6.61 Å². The normalized spacial score (nSPS) is 18.4. The predicted molar refractivity (Wildman–Crippen MR) is 84.2 cm³/mol. The molecule has 1 aliphatic rings. The zero-order valence-electron chi connectivity index (χ0n) is 11.1. The van der Waals surface area contributed by atoms with E-state index in [1.807, 2.05) is 30.3 Å². The fourth-order valence-corrected chi connectivity index (χ4v) is 3.32. The molecule has 0 saturated heterocycles. The molecule has 0 saturated carbocycles. The van der Waals surface area contributed by atoms with Gasteiger partial charge in [0.1, 0.15) is 5.75 Å². The smallest absolute Gasteiger partial charge is 0.122 e. The van der Waals surface area contributed by atoms with Gasteiger partial charge in [0.2, 0.25) is 0 Å². The molecule has 0 N–H and O–H groups in total. The van der Waals surface area contributed by atoms with Crippen LogP contribution in [0.25, 0.3) is 0 Å². The Morgan fingerprint density at radius 2 is 2.00 bits per heavy atom. The van der Waals surface area contributed by atoms with Crippen LogP contribution < -0.4 is 4.74 Å². The number of ether oxygens (including phenoxy) is 1. The molecule has 2 atom stereocenters. The lowest BCUT2D eigenvalue weighted by atomic mass is 9.87. The molecule has 20 heavy (non-hydrogen) atoms. The molecule has 1 heterocycles. The van der Waals surface area contributed by atoms with Gasteiger partial charge in [-0.1, -0.05) is 41.9 Å². The first kappa shape index (κ1) is 13.8. The topological polar surface area (TPSA) is 9.23 Å². The van der Waals surface area contributed by atoms with Crippen molar-refractivity contribution >= 4 is 23.2 Å². The number of hydrogen-bond acceptors (Lipinski definition) is 1. The van der Waals surface area contributed by atoms with Crippen molar-refractivity contribution in [2.45, 2.75) is 18.3 Å². The number of halogens is 2. The predicted octanol–water partition coefficient (Wildman–Crippen LogP) is 5.23. The van der Waals surface area contributed by atoms with Gasteiger partial charge >= 0.3 is 0 Å². The molecular formula is C17H16Cl2O. The molecule has 0 amide bonds. The van der Waals surface area contributed by atoms with Crippen molar-refractivity contribution in [3.05, 3.63) is 64.7 Å². The molecular weight excluding hydrogens is 291 g/mol. The maximum absolute atomic E-state index is 6.18. The van der Waals surface area contributed by atoms with E-state index in [4.69, 9.17) is 27.9 Å². The molecule has 3 rings (SSSR count). The van der Waals surface area contributed by atoms with Crippen LogP contribution >= 0.6 is 23.2 Å². The number of benzene rings is 2. The van der Waals surface area contributed by atoms with Gasteiger partial charge in [-0.05, 0) is 36.1 Å². The van der Waals surface area contributed by atoms with Gasteiger partial charge in [-0.2, -0.15) is 0 Å². The van der Waals surface area contributed by atoms with Gasteiger partial charge in [0.15, 0.2) is 0 Å². The standard InChI is InChI=1S/C17H16Cl2O/c18-10-13(12-4-3-5-15(19)9-12)8-14-11-20-17-7-2-1-6-16(14)17/h1-7,9,13-14H,8,10-11H2. The van der Waals surface area contributed by atoms with Crippen LogP contribution in [0, 0.1) is 0 Å². The number of alkyl halides is 1. The second-order valence-corrected chi connectivity index (χ2v) is 5.93. The number of fused-ring (bicyclic) bond motifs is 1. The Labute approximate surface area is 129 Å². The van der Waals surface area contributed by atoms with E-state index in [1.54, 1.807) is 0 Å². The van der Waals surface area contributed by atoms with Crippen molar-refractivity contribution in [2.75, 3.05) is 12.5 Å². The zero-order valence-corrected chi connectivity index (χ0v) is 12.6. The minimum Gasteiger partial charge on any atom is -0.493 e. The quantitative estimate of drug-likeness (QED) is 0.703. The summed E-state index contributed by atoms with van der Waals surface area (Å²) in [6.07, 6.45) is 0.987. The third-order valence-electron chi connectivity index (χ3n) is 3.87. The highest BCUT2D eigenvalue weighted by Crippen LogP contribution is 2.39.